The number of nitrogens with zero attached hydrogens (tertiary/aromatic N) is 1. The molecular formula is C13H14BrFN2O. The molecule has 0 radical (unpaired) electrons. The van der Waals surface area contributed by atoms with Crippen molar-refractivity contribution in [1.29, 1.82) is 0 Å². The third-order valence-corrected chi connectivity index (χ3v) is 4.71. The molecule has 0 aromatic heterocycles. The SMILES string of the molecule is CN1CCC2(CC1)C(=O)Nc1c(Br)cc(F)cc12. The van der Waals surface area contributed by atoms with E-state index in [2.05, 4.69) is 26.1 Å². The Kier molecular flexibility index (Phi) is 2.71. The molecule has 1 aromatic carbocycles. The van der Waals surface area contributed by atoms with Crippen molar-refractivity contribution < 1.29 is 9.18 Å². The molecule has 1 N–H and O–H groups in total. The Morgan fingerprint density at radius 2 is 2.06 bits per heavy atom. The summed E-state index contributed by atoms with van der Waals surface area (Å²) in [5.74, 6) is -0.285. The fraction of sp³-hybridized carbons (Fsp3) is 0.462. The van der Waals surface area contributed by atoms with Gasteiger partial charge in [0.25, 0.3) is 0 Å². The number of nitrogens with one attached hydrogen (secondary N) is 1. The summed E-state index contributed by atoms with van der Waals surface area (Å²) in [6.07, 6.45) is 1.50. The molecule has 0 aliphatic carbocycles. The first-order chi connectivity index (χ1) is 8.53. The van der Waals surface area contributed by atoms with Gasteiger partial charge in [-0.1, -0.05) is 0 Å². The lowest BCUT2D eigenvalue weighted by Gasteiger charge is -2.36. The zero-order valence-electron chi connectivity index (χ0n) is 10.1. The molecule has 5 heteroatoms. The summed E-state index contributed by atoms with van der Waals surface area (Å²) >= 11 is 3.32. The number of carbonyl (C=O) groups excluding carboxylic acids is 1. The molecule has 2 aliphatic heterocycles. The smallest absolute Gasteiger partial charge is 0.235 e. The third-order valence-electron chi connectivity index (χ3n) is 4.08. The molecule has 18 heavy (non-hydrogen) atoms. The highest BCUT2D eigenvalue weighted by atomic mass is 79.9. The Balaban J connectivity index is 2.11. The average molecular weight is 313 g/mol. The largest absolute Gasteiger partial charge is 0.324 e. The van der Waals surface area contributed by atoms with Crippen LogP contribution in [0.5, 0.6) is 0 Å². The predicted molar refractivity (Wildman–Crippen MR) is 71.1 cm³/mol. The number of anilines is 1. The second-order valence-corrected chi connectivity index (χ2v) is 6.00. The van der Waals surface area contributed by atoms with Crippen LogP contribution in [0, 0.1) is 5.82 Å². The minimum atomic E-state index is -0.535. The molecule has 1 saturated heterocycles. The van der Waals surface area contributed by atoms with Crippen molar-refractivity contribution in [2.75, 3.05) is 25.5 Å². The van der Waals surface area contributed by atoms with Crippen molar-refractivity contribution in [3.05, 3.63) is 28.0 Å². The predicted octanol–water partition coefficient (Wildman–Crippen LogP) is 2.50. The van der Waals surface area contributed by atoms with Gasteiger partial charge < -0.3 is 10.2 Å². The zero-order chi connectivity index (χ0) is 12.9. The monoisotopic (exact) mass is 312 g/mol. The lowest BCUT2D eigenvalue weighted by molar-refractivity contribution is -0.122. The number of rotatable bonds is 0. The van der Waals surface area contributed by atoms with E-state index in [1.54, 1.807) is 0 Å². The maximum Gasteiger partial charge on any atom is 0.235 e. The first kappa shape index (κ1) is 12.1. The Morgan fingerprint density at radius 3 is 2.72 bits per heavy atom. The molecule has 2 heterocycles. The van der Waals surface area contributed by atoms with Crippen LogP contribution in [0.3, 0.4) is 0 Å². The molecule has 0 unspecified atom stereocenters. The van der Waals surface area contributed by atoms with Gasteiger partial charge in [0, 0.05) is 4.47 Å². The van der Waals surface area contributed by atoms with Gasteiger partial charge in [-0.2, -0.15) is 0 Å². The average Bonchev–Trinajstić information content (AvgIpc) is 2.58. The van der Waals surface area contributed by atoms with E-state index >= 15 is 0 Å². The van der Waals surface area contributed by atoms with E-state index in [-0.39, 0.29) is 11.7 Å². The van der Waals surface area contributed by atoms with Gasteiger partial charge in [0.05, 0.1) is 11.1 Å². The van der Waals surface area contributed by atoms with Gasteiger partial charge in [-0.15, -0.1) is 0 Å². The van der Waals surface area contributed by atoms with Gasteiger partial charge in [-0.05, 0) is 66.6 Å². The molecule has 3 rings (SSSR count). The Hall–Kier alpha value is -0.940. The maximum absolute atomic E-state index is 13.6. The Labute approximate surface area is 113 Å². The van der Waals surface area contributed by atoms with Crippen molar-refractivity contribution in [3.8, 4) is 0 Å². The molecule has 0 atom stereocenters. The molecule has 1 aromatic rings. The van der Waals surface area contributed by atoms with Crippen LogP contribution in [0.4, 0.5) is 10.1 Å². The number of hydrogen-bond donors (Lipinski definition) is 1. The van der Waals surface area contributed by atoms with E-state index in [1.165, 1.54) is 12.1 Å². The molecule has 96 valence electrons. The summed E-state index contributed by atoms with van der Waals surface area (Å²) in [5.41, 5.74) is 1.02. The van der Waals surface area contributed by atoms with E-state index in [4.69, 9.17) is 0 Å². The highest BCUT2D eigenvalue weighted by Crippen LogP contribution is 2.47. The van der Waals surface area contributed by atoms with Gasteiger partial charge in [0.2, 0.25) is 5.91 Å². The topological polar surface area (TPSA) is 32.3 Å². The molecule has 0 bridgehead atoms. The van der Waals surface area contributed by atoms with Crippen molar-refractivity contribution in [1.82, 2.24) is 4.90 Å². The standard InChI is InChI=1S/C13H14BrFN2O/c1-17-4-2-13(3-5-17)9-6-8(15)7-10(14)11(9)16-12(13)18/h6-7H,2-5H2,1H3,(H,16,18). The Morgan fingerprint density at radius 1 is 1.39 bits per heavy atom. The zero-order valence-corrected chi connectivity index (χ0v) is 11.7. The number of amides is 1. The van der Waals surface area contributed by atoms with Gasteiger partial charge in [0.1, 0.15) is 5.82 Å². The highest BCUT2D eigenvalue weighted by Gasteiger charge is 2.48. The maximum atomic E-state index is 13.6. The van der Waals surface area contributed by atoms with Crippen LogP contribution in [-0.2, 0) is 10.2 Å². The number of likely N-dealkylation sites (tertiary alicyclic amines) is 1. The minimum Gasteiger partial charge on any atom is -0.324 e. The summed E-state index contributed by atoms with van der Waals surface area (Å²) in [7, 11) is 2.04. The van der Waals surface area contributed by atoms with Crippen molar-refractivity contribution in [2.24, 2.45) is 0 Å². The minimum absolute atomic E-state index is 0.0110. The number of benzene rings is 1. The summed E-state index contributed by atoms with van der Waals surface area (Å²) in [6.45, 7) is 1.72. The van der Waals surface area contributed by atoms with Crippen LogP contribution < -0.4 is 5.32 Å². The second kappa shape index (κ2) is 4.03. The van der Waals surface area contributed by atoms with E-state index in [0.29, 0.717) is 4.47 Å². The third kappa shape index (κ3) is 1.61. The van der Waals surface area contributed by atoms with Crippen LogP contribution in [-0.4, -0.2) is 30.9 Å². The van der Waals surface area contributed by atoms with E-state index in [0.717, 1.165) is 37.2 Å². The number of fused-ring (bicyclic) bond motifs is 2. The highest BCUT2D eigenvalue weighted by molar-refractivity contribution is 9.10. The van der Waals surface area contributed by atoms with Crippen molar-refractivity contribution in [3.63, 3.8) is 0 Å². The van der Waals surface area contributed by atoms with Crippen LogP contribution >= 0.6 is 15.9 Å². The Bertz CT molecular complexity index is 524. The van der Waals surface area contributed by atoms with E-state index in [9.17, 15) is 9.18 Å². The molecule has 1 spiro atoms. The summed E-state index contributed by atoms with van der Waals surface area (Å²) in [4.78, 5) is 14.5. The second-order valence-electron chi connectivity index (χ2n) is 5.15. The lowest BCUT2D eigenvalue weighted by Crippen LogP contribution is -2.45. The lowest BCUT2D eigenvalue weighted by atomic mass is 9.74. The summed E-state index contributed by atoms with van der Waals surface area (Å²) in [5, 5.41) is 2.90. The van der Waals surface area contributed by atoms with Gasteiger partial charge >= 0.3 is 0 Å². The van der Waals surface area contributed by atoms with Crippen LogP contribution in [0.25, 0.3) is 0 Å². The summed E-state index contributed by atoms with van der Waals surface area (Å²) < 4.78 is 14.2. The summed E-state index contributed by atoms with van der Waals surface area (Å²) in [6, 6.07) is 2.90. The van der Waals surface area contributed by atoms with Crippen LogP contribution in [0.15, 0.2) is 16.6 Å². The molecule has 1 fully saturated rings. The molecule has 1 amide bonds. The number of piperidine rings is 1. The fourth-order valence-corrected chi connectivity index (χ4v) is 3.46. The quantitative estimate of drug-likeness (QED) is 0.798. The fourth-order valence-electron chi connectivity index (χ4n) is 2.93. The van der Waals surface area contributed by atoms with E-state index < -0.39 is 5.41 Å². The molecule has 3 nitrogen and oxygen atoms in total. The van der Waals surface area contributed by atoms with Gasteiger partial charge in [-0.3, -0.25) is 4.79 Å². The van der Waals surface area contributed by atoms with Crippen LogP contribution in [0.2, 0.25) is 0 Å². The normalized spacial score (nSPS) is 22.1. The van der Waals surface area contributed by atoms with Crippen molar-refractivity contribution in [2.45, 2.75) is 18.3 Å². The first-order valence-electron chi connectivity index (χ1n) is 6.02. The molecule has 2 aliphatic rings. The van der Waals surface area contributed by atoms with E-state index in [1.807, 2.05) is 7.05 Å². The number of halogens is 2. The number of hydrogen-bond acceptors (Lipinski definition) is 2. The first-order valence-corrected chi connectivity index (χ1v) is 6.82. The molecule has 0 saturated carbocycles. The van der Waals surface area contributed by atoms with Crippen LogP contribution in [0.1, 0.15) is 18.4 Å². The van der Waals surface area contributed by atoms with Gasteiger partial charge in [0.15, 0.2) is 0 Å². The van der Waals surface area contributed by atoms with Crippen molar-refractivity contribution >= 4 is 27.5 Å². The van der Waals surface area contributed by atoms with Gasteiger partial charge in [-0.25, -0.2) is 4.39 Å². The number of carbonyl (C=O) groups is 1. The molecular weight excluding hydrogens is 299 g/mol.